The molecule has 0 radical (unpaired) electrons. The minimum atomic E-state index is 0. The van der Waals surface area contributed by atoms with E-state index >= 15 is 0 Å². The first-order valence-corrected chi connectivity index (χ1v) is 6.28. The summed E-state index contributed by atoms with van der Waals surface area (Å²) in [6.07, 6.45) is 2.09. The van der Waals surface area contributed by atoms with Crippen molar-refractivity contribution in [1.82, 2.24) is 4.90 Å². The van der Waals surface area contributed by atoms with Crippen LogP contribution in [0.4, 0.5) is 0 Å². The number of amides is 1. The van der Waals surface area contributed by atoms with Crippen LogP contribution in [0.2, 0.25) is 0 Å². The molecule has 0 spiro atoms. The number of hydrogen-bond donors (Lipinski definition) is 1. The molecular weight excluding hydrogens is 304 g/mol. The molecule has 0 aromatic heterocycles. The highest BCUT2D eigenvalue weighted by molar-refractivity contribution is 9.10. The van der Waals surface area contributed by atoms with Crippen LogP contribution in [-0.2, 0) is 0 Å². The third kappa shape index (κ3) is 3.21. The predicted octanol–water partition coefficient (Wildman–Crippen LogP) is 2.43. The van der Waals surface area contributed by atoms with Crippen LogP contribution >= 0.6 is 28.3 Å². The molecule has 17 heavy (non-hydrogen) atoms. The van der Waals surface area contributed by atoms with E-state index in [4.69, 9.17) is 5.73 Å². The first-order chi connectivity index (χ1) is 7.72. The van der Waals surface area contributed by atoms with E-state index in [1.165, 1.54) is 0 Å². The summed E-state index contributed by atoms with van der Waals surface area (Å²) in [5.41, 5.74) is 6.40. The summed E-state index contributed by atoms with van der Waals surface area (Å²) in [7, 11) is 0. The Labute approximate surface area is 116 Å². The van der Waals surface area contributed by atoms with Gasteiger partial charge >= 0.3 is 0 Å². The number of carbonyl (C=O) groups excluding carboxylic acids is 1. The second-order valence-corrected chi connectivity index (χ2v) is 4.95. The smallest absolute Gasteiger partial charge is 0.254 e. The van der Waals surface area contributed by atoms with Gasteiger partial charge in [0.1, 0.15) is 0 Å². The standard InChI is InChI=1S/C12H15BrN2O.ClH/c13-10-5-3-9(4-6-10)12(16)15-7-1-2-11(15)8-14;/h3-6,11H,1-2,7-8,14H2;1H. The van der Waals surface area contributed by atoms with Gasteiger partial charge in [0.25, 0.3) is 5.91 Å². The maximum Gasteiger partial charge on any atom is 0.254 e. The van der Waals surface area contributed by atoms with Gasteiger partial charge in [-0.15, -0.1) is 12.4 Å². The maximum absolute atomic E-state index is 12.2. The summed E-state index contributed by atoms with van der Waals surface area (Å²) < 4.78 is 0.987. The fourth-order valence-electron chi connectivity index (χ4n) is 2.11. The van der Waals surface area contributed by atoms with E-state index in [2.05, 4.69) is 15.9 Å². The minimum absolute atomic E-state index is 0. The SMILES string of the molecule is Cl.NCC1CCCN1C(=O)c1ccc(Br)cc1. The van der Waals surface area contributed by atoms with Gasteiger partial charge in [0.2, 0.25) is 0 Å². The Hall–Kier alpha value is -0.580. The van der Waals surface area contributed by atoms with Gasteiger partial charge in [-0.2, -0.15) is 0 Å². The molecule has 1 aliphatic heterocycles. The normalized spacial score (nSPS) is 18.9. The lowest BCUT2D eigenvalue weighted by Gasteiger charge is -2.23. The third-order valence-corrected chi connectivity index (χ3v) is 3.53. The number of likely N-dealkylation sites (tertiary alicyclic amines) is 1. The molecule has 0 saturated carbocycles. The number of rotatable bonds is 2. The second-order valence-electron chi connectivity index (χ2n) is 4.04. The Morgan fingerprint density at radius 3 is 2.65 bits per heavy atom. The molecule has 1 fully saturated rings. The van der Waals surface area contributed by atoms with Crippen LogP contribution in [0, 0.1) is 0 Å². The number of nitrogens with zero attached hydrogens (tertiary/aromatic N) is 1. The molecule has 1 aromatic rings. The van der Waals surface area contributed by atoms with Crippen molar-refractivity contribution in [2.75, 3.05) is 13.1 Å². The zero-order valence-corrected chi connectivity index (χ0v) is 11.8. The average Bonchev–Trinajstić information content (AvgIpc) is 2.77. The van der Waals surface area contributed by atoms with Gasteiger partial charge in [0.15, 0.2) is 0 Å². The molecule has 94 valence electrons. The summed E-state index contributed by atoms with van der Waals surface area (Å²) in [5, 5.41) is 0. The first-order valence-electron chi connectivity index (χ1n) is 5.49. The lowest BCUT2D eigenvalue weighted by molar-refractivity contribution is 0.0741. The average molecular weight is 320 g/mol. The molecule has 1 atom stereocenters. The summed E-state index contributed by atoms with van der Waals surface area (Å²) in [4.78, 5) is 14.1. The zero-order chi connectivity index (χ0) is 11.5. The van der Waals surface area contributed by atoms with E-state index in [0.717, 1.165) is 29.4 Å². The number of nitrogens with two attached hydrogens (primary N) is 1. The van der Waals surface area contributed by atoms with Gasteiger partial charge in [-0.1, -0.05) is 15.9 Å². The molecule has 1 saturated heterocycles. The van der Waals surface area contributed by atoms with Crippen LogP contribution < -0.4 is 5.73 Å². The summed E-state index contributed by atoms with van der Waals surface area (Å²) in [5.74, 6) is 0.0976. The van der Waals surface area contributed by atoms with Gasteiger partial charge in [0.05, 0.1) is 0 Å². The predicted molar refractivity (Wildman–Crippen MR) is 74.5 cm³/mol. The Morgan fingerprint density at radius 1 is 1.41 bits per heavy atom. The van der Waals surface area contributed by atoms with E-state index in [-0.39, 0.29) is 24.4 Å². The molecule has 1 aliphatic rings. The minimum Gasteiger partial charge on any atom is -0.334 e. The number of carbonyl (C=O) groups is 1. The van der Waals surface area contributed by atoms with Crippen molar-refractivity contribution in [1.29, 1.82) is 0 Å². The van der Waals surface area contributed by atoms with Crippen LogP contribution in [0.5, 0.6) is 0 Å². The van der Waals surface area contributed by atoms with Crippen LogP contribution in [0.3, 0.4) is 0 Å². The van der Waals surface area contributed by atoms with Gasteiger partial charge in [0, 0.05) is 29.2 Å². The molecule has 1 heterocycles. The quantitative estimate of drug-likeness (QED) is 0.910. The fourth-order valence-corrected chi connectivity index (χ4v) is 2.37. The van der Waals surface area contributed by atoms with Gasteiger partial charge in [-0.25, -0.2) is 0 Å². The Kier molecular flexibility index (Phi) is 5.43. The largest absolute Gasteiger partial charge is 0.334 e. The second kappa shape index (κ2) is 6.38. The molecule has 0 bridgehead atoms. The van der Waals surface area contributed by atoms with E-state index < -0.39 is 0 Å². The topological polar surface area (TPSA) is 46.3 Å². The molecule has 1 unspecified atom stereocenters. The third-order valence-electron chi connectivity index (χ3n) is 3.00. The molecule has 0 aliphatic carbocycles. The first kappa shape index (κ1) is 14.5. The van der Waals surface area contributed by atoms with E-state index in [9.17, 15) is 4.79 Å². The van der Waals surface area contributed by atoms with Crippen molar-refractivity contribution in [3.63, 3.8) is 0 Å². The lowest BCUT2D eigenvalue weighted by Crippen LogP contribution is -2.39. The lowest BCUT2D eigenvalue weighted by atomic mass is 10.1. The molecule has 5 heteroatoms. The van der Waals surface area contributed by atoms with E-state index in [1.807, 2.05) is 29.2 Å². The van der Waals surface area contributed by atoms with Crippen molar-refractivity contribution >= 4 is 34.2 Å². The monoisotopic (exact) mass is 318 g/mol. The van der Waals surface area contributed by atoms with Crippen molar-refractivity contribution < 1.29 is 4.79 Å². The molecule has 3 nitrogen and oxygen atoms in total. The van der Waals surface area contributed by atoms with Crippen LogP contribution in [0.25, 0.3) is 0 Å². The Morgan fingerprint density at radius 2 is 2.06 bits per heavy atom. The van der Waals surface area contributed by atoms with E-state index in [0.29, 0.717) is 6.54 Å². The highest BCUT2D eigenvalue weighted by Crippen LogP contribution is 2.20. The number of benzene rings is 1. The Balaban J connectivity index is 0.00000144. The van der Waals surface area contributed by atoms with Gasteiger partial charge in [-0.05, 0) is 37.1 Å². The molecule has 1 aromatic carbocycles. The van der Waals surface area contributed by atoms with Crippen molar-refractivity contribution in [2.24, 2.45) is 5.73 Å². The summed E-state index contributed by atoms with van der Waals surface area (Å²) >= 11 is 3.36. The van der Waals surface area contributed by atoms with Crippen molar-refractivity contribution in [2.45, 2.75) is 18.9 Å². The van der Waals surface area contributed by atoms with Crippen LogP contribution in [0.1, 0.15) is 23.2 Å². The molecule has 2 rings (SSSR count). The molecule has 1 amide bonds. The summed E-state index contributed by atoms with van der Waals surface area (Å²) in [6, 6.07) is 7.69. The van der Waals surface area contributed by atoms with Crippen molar-refractivity contribution in [3.8, 4) is 0 Å². The number of hydrogen-bond acceptors (Lipinski definition) is 2. The number of halogens is 2. The van der Waals surface area contributed by atoms with E-state index in [1.54, 1.807) is 0 Å². The highest BCUT2D eigenvalue weighted by Gasteiger charge is 2.27. The fraction of sp³-hybridized carbons (Fsp3) is 0.417. The maximum atomic E-state index is 12.2. The van der Waals surface area contributed by atoms with Gasteiger partial charge in [-0.3, -0.25) is 4.79 Å². The highest BCUT2D eigenvalue weighted by atomic mass is 79.9. The van der Waals surface area contributed by atoms with Gasteiger partial charge < -0.3 is 10.6 Å². The summed E-state index contributed by atoms with van der Waals surface area (Å²) in [6.45, 7) is 1.39. The van der Waals surface area contributed by atoms with Crippen LogP contribution in [0.15, 0.2) is 28.7 Å². The molecule has 2 N–H and O–H groups in total. The zero-order valence-electron chi connectivity index (χ0n) is 9.43. The molecular formula is C12H16BrClN2O. The Bertz CT molecular complexity index is 383. The van der Waals surface area contributed by atoms with Crippen LogP contribution in [-0.4, -0.2) is 29.9 Å². The van der Waals surface area contributed by atoms with Crippen molar-refractivity contribution in [3.05, 3.63) is 34.3 Å².